The number of hydrogen-bond donors (Lipinski definition) is 1. The van der Waals surface area contributed by atoms with Gasteiger partial charge in [-0.1, -0.05) is 12.8 Å². The van der Waals surface area contributed by atoms with E-state index < -0.39 is 18.1 Å². The molecule has 3 atom stereocenters. The number of rotatable bonds is 4. The van der Waals surface area contributed by atoms with Gasteiger partial charge < -0.3 is 10.1 Å². The largest absolute Gasteiger partial charge is 0.393 e. The predicted molar refractivity (Wildman–Crippen MR) is 56.3 cm³/mol. The first-order valence-electron chi connectivity index (χ1n) is 5.77. The van der Waals surface area contributed by atoms with Crippen molar-refractivity contribution >= 4 is 0 Å². The van der Waals surface area contributed by atoms with Gasteiger partial charge in [-0.05, 0) is 19.8 Å². The van der Waals surface area contributed by atoms with E-state index in [0.29, 0.717) is 19.4 Å². The van der Waals surface area contributed by atoms with E-state index in [1.807, 2.05) is 6.92 Å². The Bertz CT molecular complexity index is 208. The van der Waals surface area contributed by atoms with E-state index in [1.54, 1.807) is 7.11 Å². The summed E-state index contributed by atoms with van der Waals surface area (Å²) in [6.45, 7) is 2.30. The molecule has 1 fully saturated rings. The monoisotopic (exact) mass is 239 g/mol. The van der Waals surface area contributed by atoms with Crippen LogP contribution in [0.15, 0.2) is 0 Å². The van der Waals surface area contributed by atoms with Gasteiger partial charge in [0.15, 0.2) is 0 Å². The molecule has 16 heavy (non-hydrogen) atoms. The van der Waals surface area contributed by atoms with Gasteiger partial charge in [0.2, 0.25) is 0 Å². The van der Waals surface area contributed by atoms with Crippen LogP contribution < -0.4 is 5.32 Å². The maximum absolute atomic E-state index is 12.8. The van der Waals surface area contributed by atoms with Crippen LogP contribution in [0.2, 0.25) is 0 Å². The van der Waals surface area contributed by atoms with E-state index in [9.17, 15) is 13.2 Å². The summed E-state index contributed by atoms with van der Waals surface area (Å²) < 4.78 is 43.2. The molecule has 0 spiro atoms. The van der Waals surface area contributed by atoms with Gasteiger partial charge in [0.25, 0.3) is 0 Å². The van der Waals surface area contributed by atoms with Crippen LogP contribution in [-0.2, 0) is 4.74 Å². The zero-order chi connectivity index (χ0) is 12.2. The molecule has 0 saturated heterocycles. The van der Waals surface area contributed by atoms with Gasteiger partial charge in [0, 0.05) is 19.2 Å². The lowest BCUT2D eigenvalue weighted by Gasteiger charge is -2.35. The topological polar surface area (TPSA) is 21.3 Å². The Hall–Kier alpha value is -0.290. The fraction of sp³-hybridized carbons (Fsp3) is 1.00. The summed E-state index contributed by atoms with van der Waals surface area (Å²) in [5.41, 5.74) is 0. The molecule has 3 unspecified atom stereocenters. The molecule has 5 heteroatoms. The SMILES string of the molecule is COCC(C)NC1CCCCC1C(F)(F)F. The fourth-order valence-electron chi connectivity index (χ4n) is 2.39. The number of nitrogens with one attached hydrogen (secondary N) is 1. The molecular weight excluding hydrogens is 219 g/mol. The van der Waals surface area contributed by atoms with Crippen molar-refractivity contribution in [1.82, 2.24) is 5.32 Å². The van der Waals surface area contributed by atoms with Crippen molar-refractivity contribution in [1.29, 1.82) is 0 Å². The molecule has 0 aromatic carbocycles. The summed E-state index contributed by atoms with van der Waals surface area (Å²) in [5, 5.41) is 3.03. The van der Waals surface area contributed by atoms with Crippen LogP contribution in [0.1, 0.15) is 32.6 Å². The molecule has 1 aliphatic carbocycles. The minimum Gasteiger partial charge on any atom is -0.383 e. The molecule has 0 aromatic rings. The van der Waals surface area contributed by atoms with Gasteiger partial charge in [-0.25, -0.2) is 0 Å². The molecule has 96 valence electrons. The van der Waals surface area contributed by atoms with E-state index in [-0.39, 0.29) is 12.5 Å². The molecule has 0 aromatic heterocycles. The standard InChI is InChI=1S/C11H20F3NO/c1-8(7-16-2)15-10-6-4-3-5-9(10)11(12,13)14/h8-10,15H,3-7H2,1-2H3. The van der Waals surface area contributed by atoms with Crippen molar-refractivity contribution in [2.24, 2.45) is 5.92 Å². The lowest BCUT2D eigenvalue weighted by molar-refractivity contribution is -0.189. The quantitative estimate of drug-likeness (QED) is 0.814. The van der Waals surface area contributed by atoms with Crippen LogP contribution in [-0.4, -0.2) is 32.0 Å². The van der Waals surface area contributed by atoms with Gasteiger partial charge in [-0.15, -0.1) is 0 Å². The lowest BCUT2D eigenvalue weighted by Crippen LogP contribution is -2.49. The average Bonchev–Trinajstić information content (AvgIpc) is 2.17. The molecule has 0 aliphatic heterocycles. The molecule has 1 N–H and O–H groups in total. The first kappa shape index (κ1) is 13.8. The van der Waals surface area contributed by atoms with Crippen molar-refractivity contribution in [2.45, 2.75) is 50.9 Å². The summed E-state index contributed by atoms with van der Waals surface area (Å²) in [5.74, 6) is -1.19. The van der Waals surface area contributed by atoms with Crippen LogP contribution in [0.5, 0.6) is 0 Å². The predicted octanol–water partition coefficient (Wildman–Crippen LogP) is 2.73. The molecular formula is C11H20F3NO. The Morgan fingerprint density at radius 2 is 1.94 bits per heavy atom. The van der Waals surface area contributed by atoms with Crippen molar-refractivity contribution in [3.8, 4) is 0 Å². The first-order valence-corrected chi connectivity index (χ1v) is 5.77. The molecule has 1 saturated carbocycles. The van der Waals surface area contributed by atoms with E-state index in [2.05, 4.69) is 5.32 Å². The Morgan fingerprint density at radius 1 is 1.31 bits per heavy atom. The number of methoxy groups -OCH3 is 1. The summed E-state index contributed by atoms with van der Waals surface area (Å²) in [4.78, 5) is 0. The second-order valence-electron chi connectivity index (χ2n) is 4.56. The first-order chi connectivity index (χ1) is 7.45. The maximum Gasteiger partial charge on any atom is 0.393 e. The Morgan fingerprint density at radius 3 is 2.50 bits per heavy atom. The second-order valence-corrected chi connectivity index (χ2v) is 4.56. The average molecular weight is 239 g/mol. The highest BCUT2D eigenvalue weighted by Gasteiger charge is 2.45. The highest BCUT2D eigenvalue weighted by atomic mass is 19.4. The number of ether oxygens (including phenoxy) is 1. The van der Waals surface area contributed by atoms with Gasteiger partial charge in [0.1, 0.15) is 0 Å². The third-order valence-electron chi connectivity index (χ3n) is 3.10. The van der Waals surface area contributed by atoms with Gasteiger partial charge in [0.05, 0.1) is 12.5 Å². The van der Waals surface area contributed by atoms with Gasteiger partial charge >= 0.3 is 6.18 Å². The van der Waals surface area contributed by atoms with Crippen LogP contribution in [0.3, 0.4) is 0 Å². The highest BCUT2D eigenvalue weighted by Crippen LogP contribution is 2.37. The van der Waals surface area contributed by atoms with Crippen molar-refractivity contribution in [2.75, 3.05) is 13.7 Å². The minimum atomic E-state index is -4.08. The zero-order valence-electron chi connectivity index (χ0n) is 9.81. The van der Waals surface area contributed by atoms with E-state index >= 15 is 0 Å². The Labute approximate surface area is 94.5 Å². The number of halogens is 3. The van der Waals surface area contributed by atoms with Crippen LogP contribution >= 0.6 is 0 Å². The molecule has 1 aliphatic rings. The summed E-state index contributed by atoms with van der Waals surface area (Å²) in [6, 6.07) is -0.475. The molecule has 0 heterocycles. The van der Waals surface area contributed by atoms with Crippen LogP contribution in [0.25, 0.3) is 0 Å². The van der Waals surface area contributed by atoms with E-state index in [0.717, 1.165) is 6.42 Å². The molecule has 0 radical (unpaired) electrons. The Kier molecular flexibility index (Phi) is 5.05. The van der Waals surface area contributed by atoms with Crippen molar-refractivity contribution in [3.63, 3.8) is 0 Å². The normalized spacial score (nSPS) is 29.1. The van der Waals surface area contributed by atoms with Crippen molar-refractivity contribution < 1.29 is 17.9 Å². The fourth-order valence-corrected chi connectivity index (χ4v) is 2.39. The molecule has 1 rings (SSSR count). The smallest absolute Gasteiger partial charge is 0.383 e. The van der Waals surface area contributed by atoms with Crippen LogP contribution in [0, 0.1) is 5.92 Å². The maximum atomic E-state index is 12.8. The van der Waals surface area contributed by atoms with E-state index in [1.165, 1.54) is 0 Å². The highest BCUT2D eigenvalue weighted by molar-refractivity contribution is 4.86. The number of alkyl halides is 3. The third kappa shape index (κ3) is 3.94. The summed E-state index contributed by atoms with van der Waals surface area (Å²) in [7, 11) is 1.56. The third-order valence-corrected chi connectivity index (χ3v) is 3.10. The van der Waals surface area contributed by atoms with Gasteiger partial charge in [-0.3, -0.25) is 0 Å². The number of hydrogen-bond acceptors (Lipinski definition) is 2. The summed E-state index contributed by atoms with van der Waals surface area (Å²) in [6.07, 6.45) is -1.66. The van der Waals surface area contributed by atoms with Crippen molar-refractivity contribution in [3.05, 3.63) is 0 Å². The van der Waals surface area contributed by atoms with E-state index in [4.69, 9.17) is 4.74 Å². The van der Waals surface area contributed by atoms with Crippen LogP contribution in [0.4, 0.5) is 13.2 Å². The lowest BCUT2D eigenvalue weighted by atomic mass is 9.83. The molecule has 0 amide bonds. The molecule has 0 bridgehead atoms. The zero-order valence-corrected chi connectivity index (χ0v) is 9.81. The Balaban J connectivity index is 2.53. The molecule has 2 nitrogen and oxygen atoms in total. The second kappa shape index (κ2) is 5.87. The summed E-state index contributed by atoms with van der Waals surface area (Å²) >= 11 is 0. The minimum absolute atomic E-state index is 0.0297. The van der Waals surface area contributed by atoms with Gasteiger partial charge in [-0.2, -0.15) is 13.2 Å².